The molecule has 2 aliphatic rings. The van der Waals surface area contributed by atoms with Crippen molar-refractivity contribution in [3.05, 3.63) is 29.8 Å². The monoisotopic (exact) mass is 356 g/mol. The molecule has 2 saturated heterocycles. The van der Waals surface area contributed by atoms with Crippen molar-refractivity contribution in [1.82, 2.24) is 10.6 Å². The minimum absolute atomic E-state index is 0.0209. The van der Waals surface area contributed by atoms with E-state index in [1.54, 1.807) is 12.1 Å². The fraction of sp³-hybridized carbons (Fsp3) is 0.647. The van der Waals surface area contributed by atoms with Crippen molar-refractivity contribution in [2.75, 3.05) is 19.4 Å². The van der Waals surface area contributed by atoms with Gasteiger partial charge in [0, 0.05) is 25.4 Å². The van der Waals surface area contributed by atoms with Gasteiger partial charge in [-0.1, -0.05) is 12.1 Å². The number of hydrogen-bond donors (Lipinski definition) is 2. The molecule has 4 unspecified atom stereocenters. The third-order valence-corrected chi connectivity index (χ3v) is 5.90. The number of alkyl halides is 1. The zero-order valence-electron chi connectivity index (χ0n) is 13.9. The van der Waals surface area contributed by atoms with E-state index in [-0.39, 0.29) is 12.1 Å². The number of rotatable bonds is 5. The number of halogens is 1. The Labute approximate surface area is 142 Å². The summed E-state index contributed by atoms with van der Waals surface area (Å²) in [5.41, 5.74) is 0.984. The molecule has 2 N–H and O–H groups in total. The largest absolute Gasteiger partial charge is 0.377 e. The van der Waals surface area contributed by atoms with E-state index in [1.165, 1.54) is 6.26 Å². The van der Waals surface area contributed by atoms with Gasteiger partial charge in [0.15, 0.2) is 9.84 Å². The van der Waals surface area contributed by atoms with Crippen LogP contribution in [0.1, 0.15) is 37.3 Å². The second kappa shape index (κ2) is 7.47. The lowest BCUT2D eigenvalue weighted by atomic mass is 9.95. The van der Waals surface area contributed by atoms with Crippen LogP contribution in [-0.2, 0) is 14.6 Å². The van der Waals surface area contributed by atoms with Crippen molar-refractivity contribution < 1.29 is 17.5 Å². The van der Waals surface area contributed by atoms with E-state index in [9.17, 15) is 12.8 Å². The van der Waals surface area contributed by atoms with Crippen LogP contribution in [0.2, 0.25) is 0 Å². The summed E-state index contributed by atoms with van der Waals surface area (Å²) in [6, 6.07) is 6.87. The SMILES string of the molecule is CS(=O)(=O)c1ccc(C2CCC(F)C(NCC3CCCO3)N2)cc1. The minimum Gasteiger partial charge on any atom is -0.377 e. The van der Waals surface area contributed by atoms with Crippen LogP contribution in [0.25, 0.3) is 0 Å². The highest BCUT2D eigenvalue weighted by molar-refractivity contribution is 7.90. The van der Waals surface area contributed by atoms with Gasteiger partial charge >= 0.3 is 0 Å². The lowest BCUT2D eigenvalue weighted by Crippen LogP contribution is -2.54. The van der Waals surface area contributed by atoms with Crippen LogP contribution in [-0.4, -0.2) is 46.3 Å². The van der Waals surface area contributed by atoms with Crippen molar-refractivity contribution in [3.8, 4) is 0 Å². The van der Waals surface area contributed by atoms with Gasteiger partial charge in [0.1, 0.15) is 6.17 Å². The van der Waals surface area contributed by atoms with Crippen LogP contribution < -0.4 is 10.6 Å². The molecule has 2 heterocycles. The molecule has 0 aliphatic carbocycles. The summed E-state index contributed by atoms with van der Waals surface area (Å²) in [5.74, 6) is 0. The Bertz CT molecular complexity index is 644. The van der Waals surface area contributed by atoms with E-state index in [1.807, 2.05) is 12.1 Å². The molecule has 0 spiro atoms. The van der Waals surface area contributed by atoms with E-state index in [0.717, 1.165) is 25.0 Å². The highest BCUT2D eigenvalue weighted by Gasteiger charge is 2.31. The zero-order valence-corrected chi connectivity index (χ0v) is 14.7. The highest BCUT2D eigenvalue weighted by Crippen LogP contribution is 2.27. The molecule has 134 valence electrons. The Morgan fingerprint density at radius 1 is 1.25 bits per heavy atom. The van der Waals surface area contributed by atoms with Crippen molar-refractivity contribution in [3.63, 3.8) is 0 Å². The predicted molar refractivity (Wildman–Crippen MR) is 90.3 cm³/mol. The van der Waals surface area contributed by atoms with E-state index in [2.05, 4.69) is 10.6 Å². The van der Waals surface area contributed by atoms with Gasteiger partial charge < -0.3 is 4.74 Å². The second-order valence-electron chi connectivity index (χ2n) is 6.67. The molecule has 1 aromatic rings. The van der Waals surface area contributed by atoms with Crippen molar-refractivity contribution >= 4 is 9.84 Å². The molecule has 7 heteroatoms. The Morgan fingerprint density at radius 2 is 2.00 bits per heavy atom. The van der Waals surface area contributed by atoms with Crippen LogP contribution >= 0.6 is 0 Å². The molecule has 2 fully saturated rings. The van der Waals surface area contributed by atoms with Crippen LogP contribution in [0.5, 0.6) is 0 Å². The smallest absolute Gasteiger partial charge is 0.175 e. The molecule has 0 aromatic heterocycles. The summed E-state index contributed by atoms with van der Waals surface area (Å²) in [7, 11) is -3.19. The third kappa shape index (κ3) is 4.33. The summed E-state index contributed by atoms with van der Waals surface area (Å²) >= 11 is 0. The third-order valence-electron chi connectivity index (χ3n) is 4.77. The van der Waals surface area contributed by atoms with Crippen LogP contribution in [0.3, 0.4) is 0 Å². The maximum absolute atomic E-state index is 14.2. The fourth-order valence-electron chi connectivity index (χ4n) is 3.36. The average molecular weight is 356 g/mol. The Hall–Kier alpha value is -1.02. The van der Waals surface area contributed by atoms with Gasteiger partial charge in [-0.25, -0.2) is 12.8 Å². The van der Waals surface area contributed by atoms with E-state index >= 15 is 0 Å². The number of nitrogens with one attached hydrogen (secondary N) is 2. The molecule has 3 rings (SSSR count). The summed E-state index contributed by atoms with van der Waals surface area (Å²) in [4.78, 5) is 0.304. The van der Waals surface area contributed by atoms with E-state index in [4.69, 9.17) is 4.74 Å². The summed E-state index contributed by atoms with van der Waals surface area (Å²) in [5, 5.41) is 6.55. The Morgan fingerprint density at radius 3 is 2.62 bits per heavy atom. The van der Waals surface area contributed by atoms with Crippen LogP contribution in [0, 0.1) is 0 Å². The number of sulfone groups is 1. The standard InChI is InChI=1S/C17H25FN2O3S/c1-24(21,22)14-6-4-12(5-7-14)16-9-8-15(18)17(20-16)19-11-13-3-2-10-23-13/h4-7,13,15-17,19-20H,2-3,8-11H2,1H3. The first kappa shape index (κ1) is 17.8. The van der Waals surface area contributed by atoms with Crippen LogP contribution in [0.15, 0.2) is 29.2 Å². The van der Waals surface area contributed by atoms with Gasteiger partial charge in [-0.05, 0) is 43.4 Å². The molecule has 0 bridgehead atoms. The first-order valence-electron chi connectivity index (χ1n) is 8.48. The molecular formula is C17H25FN2O3S. The second-order valence-corrected chi connectivity index (χ2v) is 8.69. The Kier molecular flexibility index (Phi) is 5.54. The molecule has 2 aliphatic heterocycles. The van der Waals surface area contributed by atoms with Crippen molar-refractivity contribution in [2.45, 2.75) is 55.1 Å². The number of piperidine rings is 1. The highest BCUT2D eigenvalue weighted by atomic mass is 32.2. The molecule has 5 nitrogen and oxygen atoms in total. The van der Waals surface area contributed by atoms with Crippen molar-refractivity contribution in [2.24, 2.45) is 0 Å². The molecule has 0 amide bonds. The minimum atomic E-state index is -3.19. The lowest BCUT2D eigenvalue weighted by molar-refractivity contribution is 0.0884. The van der Waals surface area contributed by atoms with Crippen molar-refractivity contribution in [1.29, 1.82) is 0 Å². The zero-order chi connectivity index (χ0) is 17.2. The summed E-state index contributed by atoms with van der Waals surface area (Å²) in [6.45, 7) is 1.44. The molecule has 24 heavy (non-hydrogen) atoms. The van der Waals surface area contributed by atoms with Gasteiger partial charge in [0.25, 0.3) is 0 Å². The maximum Gasteiger partial charge on any atom is 0.175 e. The number of hydrogen-bond acceptors (Lipinski definition) is 5. The molecule has 4 atom stereocenters. The molecular weight excluding hydrogens is 331 g/mol. The molecule has 0 radical (unpaired) electrons. The summed E-state index contributed by atoms with van der Waals surface area (Å²) in [6.07, 6.45) is 3.30. The Balaban J connectivity index is 1.61. The number of benzene rings is 1. The number of ether oxygens (including phenoxy) is 1. The van der Waals surface area contributed by atoms with E-state index < -0.39 is 22.2 Å². The van der Waals surface area contributed by atoms with Gasteiger partial charge in [0.2, 0.25) is 0 Å². The molecule has 0 saturated carbocycles. The van der Waals surface area contributed by atoms with Gasteiger partial charge in [-0.3, -0.25) is 10.6 Å². The maximum atomic E-state index is 14.2. The fourth-order valence-corrected chi connectivity index (χ4v) is 3.99. The quantitative estimate of drug-likeness (QED) is 0.844. The predicted octanol–water partition coefficient (Wildman–Crippen LogP) is 1.95. The normalized spacial score (nSPS) is 31.2. The lowest BCUT2D eigenvalue weighted by Gasteiger charge is -2.35. The van der Waals surface area contributed by atoms with Gasteiger partial charge in [-0.2, -0.15) is 0 Å². The topological polar surface area (TPSA) is 67.4 Å². The van der Waals surface area contributed by atoms with Crippen LogP contribution in [0.4, 0.5) is 4.39 Å². The first-order valence-corrected chi connectivity index (χ1v) is 10.4. The molecule has 1 aromatic carbocycles. The first-order chi connectivity index (χ1) is 11.4. The van der Waals surface area contributed by atoms with Gasteiger partial charge in [0.05, 0.1) is 17.2 Å². The van der Waals surface area contributed by atoms with Gasteiger partial charge in [-0.15, -0.1) is 0 Å². The summed E-state index contributed by atoms with van der Waals surface area (Å²) < 4.78 is 42.8. The average Bonchev–Trinajstić information content (AvgIpc) is 3.07. The van der Waals surface area contributed by atoms with E-state index in [0.29, 0.717) is 24.3 Å².